The Morgan fingerprint density at radius 3 is 2.62 bits per heavy atom. The first-order valence-corrected chi connectivity index (χ1v) is 8.98. The monoisotopic (exact) mass is 388 g/mol. The van der Waals surface area contributed by atoms with Gasteiger partial charge in [-0.2, -0.15) is 0 Å². The Hall–Kier alpha value is -1.85. The van der Waals surface area contributed by atoms with Crippen molar-refractivity contribution in [3.63, 3.8) is 0 Å². The Morgan fingerprint density at radius 1 is 1.21 bits per heavy atom. The van der Waals surface area contributed by atoms with Gasteiger partial charge in [0.15, 0.2) is 4.67 Å². The van der Waals surface area contributed by atoms with Crippen LogP contribution in [0.5, 0.6) is 0 Å². The second-order valence-electron chi connectivity index (χ2n) is 6.02. The van der Waals surface area contributed by atoms with Gasteiger partial charge >= 0.3 is 0 Å². The third kappa shape index (κ3) is 5.08. The summed E-state index contributed by atoms with van der Waals surface area (Å²) < 4.78 is 6.00. The number of likely N-dealkylation sites (tertiary alicyclic amines) is 1. The van der Waals surface area contributed by atoms with Crippen LogP contribution >= 0.6 is 15.9 Å². The molecule has 1 amide bonds. The number of nitrogens with zero attached hydrogens (tertiary/aromatic N) is 1. The van der Waals surface area contributed by atoms with Gasteiger partial charge in [-0.05, 0) is 52.5 Å². The Labute approximate surface area is 150 Å². The van der Waals surface area contributed by atoms with E-state index in [4.69, 9.17) is 4.42 Å². The van der Waals surface area contributed by atoms with E-state index in [9.17, 15) is 4.79 Å². The van der Waals surface area contributed by atoms with E-state index >= 15 is 0 Å². The molecule has 0 radical (unpaired) electrons. The molecular weight excluding hydrogens is 368 g/mol. The number of carbonyl (C=O) groups is 1. The third-order valence-electron chi connectivity index (χ3n) is 4.18. The minimum Gasteiger partial charge on any atom is -0.450 e. The molecule has 1 N–H and O–H groups in total. The third-order valence-corrected chi connectivity index (χ3v) is 4.60. The Balaban J connectivity index is 1.42. The number of furan rings is 1. The lowest BCUT2D eigenvalue weighted by molar-refractivity contribution is -0.117. The number of nitrogens with one attached hydrogen (secondary N) is 1. The van der Waals surface area contributed by atoms with Gasteiger partial charge in [0.2, 0.25) is 5.91 Å². The van der Waals surface area contributed by atoms with Crippen LogP contribution in [0.3, 0.4) is 0 Å². The molecule has 3 rings (SSSR count). The van der Waals surface area contributed by atoms with Crippen molar-refractivity contribution >= 4 is 27.9 Å². The first-order chi connectivity index (χ1) is 11.7. The largest absolute Gasteiger partial charge is 0.450 e. The lowest BCUT2D eigenvalue weighted by atomic mass is 10.0. The minimum absolute atomic E-state index is 0.0657. The highest BCUT2D eigenvalue weighted by molar-refractivity contribution is 9.10. The van der Waals surface area contributed by atoms with E-state index in [1.807, 2.05) is 12.1 Å². The van der Waals surface area contributed by atoms with Gasteiger partial charge in [-0.15, -0.1) is 0 Å². The van der Waals surface area contributed by atoms with Crippen LogP contribution in [0.2, 0.25) is 0 Å². The van der Waals surface area contributed by atoms with Crippen LogP contribution in [0.25, 0.3) is 6.08 Å². The zero-order valence-electron chi connectivity index (χ0n) is 13.5. The number of carbonyl (C=O) groups excluding carboxylic acids is 1. The molecule has 0 unspecified atom stereocenters. The maximum Gasteiger partial charge on any atom is 0.244 e. The summed E-state index contributed by atoms with van der Waals surface area (Å²) in [6.45, 7) is 3.00. The summed E-state index contributed by atoms with van der Waals surface area (Å²) in [5.41, 5.74) is 1.34. The molecule has 0 bridgehead atoms. The Kier molecular flexibility index (Phi) is 5.88. The average Bonchev–Trinajstić information content (AvgIpc) is 3.01. The van der Waals surface area contributed by atoms with Crippen molar-refractivity contribution in [2.24, 2.45) is 0 Å². The van der Waals surface area contributed by atoms with Crippen molar-refractivity contribution in [1.82, 2.24) is 10.2 Å². The highest BCUT2D eigenvalue weighted by Crippen LogP contribution is 2.16. The first-order valence-electron chi connectivity index (χ1n) is 8.19. The zero-order chi connectivity index (χ0) is 16.8. The molecule has 1 aliphatic rings. The molecule has 2 aromatic rings. The molecule has 1 aromatic heterocycles. The van der Waals surface area contributed by atoms with Crippen LogP contribution in [0.15, 0.2) is 57.6 Å². The topological polar surface area (TPSA) is 45.5 Å². The van der Waals surface area contributed by atoms with E-state index in [0.29, 0.717) is 10.4 Å². The Morgan fingerprint density at radius 2 is 1.96 bits per heavy atom. The van der Waals surface area contributed by atoms with Crippen LogP contribution < -0.4 is 5.32 Å². The molecule has 1 saturated heterocycles. The number of piperidine rings is 1. The molecule has 126 valence electrons. The molecule has 0 spiro atoms. The maximum atomic E-state index is 12.0. The predicted octanol–water partition coefficient (Wildman–Crippen LogP) is 3.84. The predicted molar refractivity (Wildman–Crippen MR) is 98.3 cm³/mol. The summed E-state index contributed by atoms with van der Waals surface area (Å²) >= 11 is 3.24. The fourth-order valence-electron chi connectivity index (χ4n) is 2.90. The number of rotatable bonds is 5. The summed E-state index contributed by atoms with van der Waals surface area (Å²) in [6, 6.07) is 14.4. The van der Waals surface area contributed by atoms with E-state index in [0.717, 1.165) is 32.5 Å². The number of amides is 1. The molecule has 2 heterocycles. The standard InChI is InChI=1S/C19H21BrN2O2/c20-18-8-6-17(24-18)7-9-19(23)21-16-10-12-22(13-11-16)14-15-4-2-1-3-5-15/h1-9,16H,10-14H2,(H,21,23). The first kappa shape index (κ1) is 17.0. The number of benzene rings is 1. The lowest BCUT2D eigenvalue weighted by Crippen LogP contribution is -2.43. The van der Waals surface area contributed by atoms with Gasteiger partial charge < -0.3 is 9.73 Å². The average molecular weight is 389 g/mol. The summed E-state index contributed by atoms with van der Waals surface area (Å²) in [5, 5.41) is 3.07. The maximum absolute atomic E-state index is 12.0. The number of hydrogen-bond donors (Lipinski definition) is 1. The quantitative estimate of drug-likeness (QED) is 0.791. The molecule has 1 aliphatic heterocycles. The summed E-state index contributed by atoms with van der Waals surface area (Å²) in [6.07, 6.45) is 5.18. The van der Waals surface area contributed by atoms with E-state index in [1.165, 1.54) is 11.6 Å². The SMILES string of the molecule is O=C(C=Cc1ccc(Br)o1)NC1CCN(Cc2ccccc2)CC1. The minimum atomic E-state index is -0.0657. The fourth-order valence-corrected chi connectivity index (χ4v) is 3.22. The van der Waals surface area contributed by atoms with Crippen LogP contribution in [0.4, 0.5) is 0 Å². The van der Waals surface area contributed by atoms with Gasteiger partial charge in [0, 0.05) is 31.8 Å². The molecule has 0 atom stereocenters. The van der Waals surface area contributed by atoms with Crippen LogP contribution in [0, 0.1) is 0 Å². The second kappa shape index (κ2) is 8.31. The lowest BCUT2D eigenvalue weighted by Gasteiger charge is -2.32. The van der Waals surface area contributed by atoms with Crippen molar-refractivity contribution in [2.75, 3.05) is 13.1 Å². The van der Waals surface area contributed by atoms with Gasteiger partial charge in [0.1, 0.15) is 5.76 Å². The molecule has 24 heavy (non-hydrogen) atoms. The van der Waals surface area contributed by atoms with Crippen LogP contribution in [-0.2, 0) is 11.3 Å². The Bertz CT molecular complexity index is 688. The summed E-state index contributed by atoms with van der Waals surface area (Å²) in [5.74, 6) is 0.596. The van der Waals surface area contributed by atoms with Crippen molar-refractivity contribution in [3.8, 4) is 0 Å². The number of hydrogen-bond acceptors (Lipinski definition) is 3. The molecule has 5 heteroatoms. The van der Waals surface area contributed by atoms with Crippen molar-refractivity contribution in [3.05, 3.63) is 64.5 Å². The summed E-state index contributed by atoms with van der Waals surface area (Å²) in [4.78, 5) is 14.4. The highest BCUT2D eigenvalue weighted by Gasteiger charge is 2.19. The summed E-state index contributed by atoms with van der Waals surface area (Å²) in [7, 11) is 0. The van der Waals surface area contributed by atoms with E-state index < -0.39 is 0 Å². The fraction of sp³-hybridized carbons (Fsp3) is 0.316. The van der Waals surface area contributed by atoms with Crippen LogP contribution in [0.1, 0.15) is 24.2 Å². The van der Waals surface area contributed by atoms with Gasteiger partial charge in [0.25, 0.3) is 0 Å². The van der Waals surface area contributed by atoms with E-state index in [1.54, 1.807) is 12.1 Å². The number of halogens is 1. The van der Waals surface area contributed by atoms with Crippen LogP contribution in [-0.4, -0.2) is 29.9 Å². The van der Waals surface area contributed by atoms with Crippen molar-refractivity contribution < 1.29 is 9.21 Å². The second-order valence-corrected chi connectivity index (χ2v) is 6.80. The molecular formula is C19H21BrN2O2. The molecule has 0 aliphatic carbocycles. The van der Waals surface area contributed by atoms with Crippen molar-refractivity contribution in [1.29, 1.82) is 0 Å². The van der Waals surface area contributed by atoms with Gasteiger partial charge in [-0.25, -0.2) is 0 Å². The van der Waals surface area contributed by atoms with Gasteiger partial charge in [-0.3, -0.25) is 9.69 Å². The highest BCUT2D eigenvalue weighted by atomic mass is 79.9. The van der Waals surface area contributed by atoms with Gasteiger partial charge in [0.05, 0.1) is 0 Å². The molecule has 0 saturated carbocycles. The van der Waals surface area contributed by atoms with Gasteiger partial charge in [-0.1, -0.05) is 30.3 Å². The molecule has 4 nitrogen and oxygen atoms in total. The normalized spacial score (nSPS) is 16.5. The smallest absolute Gasteiger partial charge is 0.244 e. The van der Waals surface area contributed by atoms with E-state index in [-0.39, 0.29) is 11.9 Å². The molecule has 1 aromatic carbocycles. The zero-order valence-corrected chi connectivity index (χ0v) is 15.0. The van der Waals surface area contributed by atoms with E-state index in [2.05, 4.69) is 50.4 Å². The van der Waals surface area contributed by atoms with Crippen molar-refractivity contribution in [2.45, 2.75) is 25.4 Å². The molecule has 1 fully saturated rings.